The van der Waals surface area contributed by atoms with Crippen molar-refractivity contribution in [1.82, 2.24) is 4.90 Å². The summed E-state index contributed by atoms with van der Waals surface area (Å²) in [5, 5.41) is 1.46. The predicted octanol–water partition coefficient (Wildman–Crippen LogP) is 6.65. The van der Waals surface area contributed by atoms with Gasteiger partial charge in [0, 0.05) is 28.4 Å². The van der Waals surface area contributed by atoms with E-state index in [0.29, 0.717) is 54.9 Å². The number of carbonyl (C=O) groups excluding carboxylic acids is 3. The lowest BCUT2D eigenvalue weighted by molar-refractivity contribution is -0.154. The summed E-state index contributed by atoms with van der Waals surface area (Å²) in [6.45, 7) is 15.7. The Labute approximate surface area is 215 Å². The maximum Gasteiger partial charge on any atom is 0.309 e. The van der Waals surface area contributed by atoms with Crippen molar-refractivity contribution in [2.45, 2.75) is 74.1 Å². The van der Waals surface area contributed by atoms with Gasteiger partial charge in [-0.25, -0.2) is 0 Å². The van der Waals surface area contributed by atoms with E-state index in [-0.39, 0.29) is 34.5 Å². The van der Waals surface area contributed by atoms with E-state index in [1.54, 1.807) is 18.2 Å². The molecular weight excluding hydrogens is 454 g/mol. The van der Waals surface area contributed by atoms with Gasteiger partial charge in [0.2, 0.25) is 0 Å². The Hall–Kier alpha value is -2.89. The molecule has 0 bridgehead atoms. The number of benzene rings is 2. The number of rotatable bonds is 10. The first-order chi connectivity index (χ1) is 16.8. The lowest BCUT2D eigenvalue weighted by Gasteiger charge is -2.33. The minimum atomic E-state index is -0.270. The zero-order valence-electron chi connectivity index (χ0n) is 22.9. The molecule has 0 aromatic heterocycles. The van der Waals surface area contributed by atoms with E-state index in [0.717, 1.165) is 18.2 Å². The number of imide groups is 1. The van der Waals surface area contributed by atoms with Crippen molar-refractivity contribution in [3.05, 3.63) is 41.5 Å². The molecule has 196 valence electrons. The minimum absolute atomic E-state index is 0.0397. The SMILES string of the molecule is CCOc1ccc2c3c(cccc13)C(=O)N(CCCCCOC(=O)C(CC(C)(C)C)C(C)(C)C)C2=O. The highest BCUT2D eigenvalue weighted by molar-refractivity contribution is 6.26. The van der Waals surface area contributed by atoms with E-state index in [2.05, 4.69) is 41.5 Å². The van der Waals surface area contributed by atoms with Crippen molar-refractivity contribution >= 4 is 28.6 Å². The lowest BCUT2D eigenvalue weighted by Crippen LogP contribution is -2.40. The first kappa shape index (κ1) is 27.7. The van der Waals surface area contributed by atoms with Crippen molar-refractivity contribution < 1.29 is 23.9 Å². The standard InChI is InChI=1S/C30H41NO5/c1-8-35-24-16-15-22-25-20(24)13-12-14-21(25)26(32)31(27(22)33)17-10-9-11-18-36-28(34)23(30(5,6)7)19-29(2,3)4/h12-16,23H,8-11,17-19H2,1-7H3. The molecule has 1 unspecified atom stereocenters. The van der Waals surface area contributed by atoms with Gasteiger partial charge in [-0.15, -0.1) is 0 Å². The van der Waals surface area contributed by atoms with Crippen molar-refractivity contribution in [1.29, 1.82) is 0 Å². The van der Waals surface area contributed by atoms with Crippen LogP contribution in [0.4, 0.5) is 0 Å². The molecule has 0 saturated heterocycles. The first-order valence-electron chi connectivity index (χ1n) is 13.1. The van der Waals surface area contributed by atoms with Crippen LogP contribution in [0.3, 0.4) is 0 Å². The molecule has 3 rings (SSSR count). The summed E-state index contributed by atoms with van der Waals surface area (Å²) >= 11 is 0. The van der Waals surface area contributed by atoms with Crippen LogP contribution in [0.25, 0.3) is 10.8 Å². The number of amides is 2. The minimum Gasteiger partial charge on any atom is -0.493 e. The second kappa shape index (κ2) is 11.0. The molecule has 1 aliphatic rings. The molecule has 2 aromatic carbocycles. The Kier molecular flexibility index (Phi) is 8.48. The van der Waals surface area contributed by atoms with Gasteiger partial charge in [-0.05, 0) is 61.6 Å². The van der Waals surface area contributed by atoms with E-state index in [1.165, 1.54) is 4.90 Å². The van der Waals surface area contributed by atoms with Gasteiger partial charge >= 0.3 is 5.97 Å². The zero-order chi connectivity index (χ0) is 26.7. The molecule has 0 radical (unpaired) electrons. The van der Waals surface area contributed by atoms with E-state index < -0.39 is 0 Å². The van der Waals surface area contributed by atoms with Crippen molar-refractivity contribution in [2.24, 2.45) is 16.7 Å². The van der Waals surface area contributed by atoms with Crippen LogP contribution in [0.2, 0.25) is 0 Å². The topological polar surface area (TPSA) is 72.9 Å². The number of hydrogen-bond donors (Lipinski definition) is 0. The van der Waals surface area contributed by atoms with Gasteiger partial charge in [-0.3, -0.25) is 19.3 Å². The molecule has 2 aromatic rings. The highest BCUT2D eigenvalue weighted by Crippen LogP contribution is 2.37. The zero-order valence-corrected chi connectivity index (χ0v) is 22.9. The molecule has 1 aliphatic heterocycles. The second-order valence-corrected chi connectivity index (χ2v) is 11.9. The number of unbranched alkanes of at least 4 members (excludes halogenated alkanes) is 2. The van der Waals surface area contributed by atoms with Gasteiger partial charge in [-0.2, -0.15) is 0 Å². The summed E-state index contributed by atoms with van der Waals surface area (Å²) < 4.78 is 11.3. The maximum absolute atomic E-state index is 13.2. The third-order valence-electron chi connectivity index (χ3n) is 6.67. The Balaban J connectivity index is 1.56. The molecule has 0 aliphatic carbocycles. The molecule has 0 spiro atoms. The van der Waals surface area contributed by atoms with Crippen LogP contribution >= 0.6 is 0 Å². The summed E-state index contributed by atoms with van der Waals surface area (Å²) in [4.78, 5) is 40.5. The number of ether oxygens (including phenoxy) is 2. The summed E-state index contributed by atoms with van der Waals surface area (Å²) in [5.74, 6) is -0.165. The van der Waals surface area contributed by atoms with Crippen LogP contribution in [0.5, 0.6) is 5.75 Å². The van der Waals surface area contributed by atoms with E-state index in [1.807, 2.05) is 19.1 Å². The van der Waals surface area contributed by atoms with Gasteiger partial charge in [-0.1, -0.05) is 53.7 Å². The summed E-state index contributed by atoms with van der Waals surface area (Å²) in [6, 6.07) is 9.04. The second-order valence-electron chi connectivity index (χ2n) is 11.9. The number of esters is 1. The molecule has 0 fully saturated rings. The van der Waals surface area contributed by atoms with Gasteiger partial charge < -0.3 is 9.47 Å². The average molecular weight is 496 g/mol. The van der Waals surface area contributed by atoms with Gasteiger partial charge in [0.25, 0.3) is 11.8 Å². The van der Waals surface area contributed by atoms with Crippen molar-refractivity contribution in [3.63, 3.8) is 0 Å². The average Bonchev–Trinajstić information content (AvgIpc) is 2.79. The molecule has 0 N–H and O–H groups in total. The number of carbonyl (C=O) groups is 3. The summed E-state index contributed by atoms with van der Waals surface area (Å²) in [5.41, 5.74) is 0.939. The largest absolute Gasteiger partial charge is 0.493 e. The van der Waals surface area contributed by atoms with Crippen LogP contribution in [-0.2, 0) is 9.53 Å². The molecule has 0 saturated carbocycles. The Morgan fingerprint density at radius 3 is 2.19 bits per heavy atom. The molecular formula is C30H41NO5. The summed E-state index contributed by atoms with van der Waals surface area (Å²) in [6.07, 6.45) is 2.87. The highest BCUT2D eigenvalue weighted by atomic mass is 16.5. The number of hydrogen-bond acceptors (Lipinski definition) is 5. The first-order valence-corrected chi connectivity index (χ1v) is 13.1. The quantitative estimate of drug-likeness (QED) is 0.210. The van der Waals surface area contributed by atoms with Gasteiger partial charge in [0.15, 0.2) is 0 Å². The van der Waals surface area contributed by atoms with E-state index in [4.69, 9.17) is 9.47 Å². The van der Waals surface area contributed by atoms with Crippen LogP contribution in [0, 0.1) is 16.7 Å². The fraction of sp³-hybridized carbons (Fsp3) is 0.567. The Morgan fingerprint density at radius 2 is 1.58 bits per heavy atom. The van der Waals surface area contributed by atoms with Crippen molar-refractivity contribution in [3.8, 4) is 5.75 Å². The molecule has 36 heavy (non-hydrogen) atoms. The lowest BCUT2D eigenvalue weighted by atomic mass is 9.72. The van der Waals surface area contributed by atoms with Gasteiger partial charge in [0.1, 0.15) is 5.75 Å². The highest BCUT2D eigenvalue weighted by Gasteiger charge is 2.36. The molecule has 2 amide bonds. The molecule has 6 heteroatoms. The van der Waals surface area contributed by atoms with E-state index in [9.17, 15) is 14.4 Å². The summed E-state index contributed by atoms with van der Waals surface area (Å²) in [7, 11) is 0. The molecule has 1 heterocycles. The Morgan fingerprint density at radius 1 is 0.917 bits per heavy atom. The number of nitrogens with zero attached hydrogens (tertiary/aromatic N) is 1. The van der Waals surface area contributed by atoms with Crippen LogP contribution < -0.4 is 4.74 Å². The fourth-order valence-corrected chi connectivity index (χ4v) is 4.78. The van der Waals surface area contributed by atoms with E-state index >= 15 is 0 Å². The maximum atomic E-state index is 13.2. The third kappa shape index (κ3) is 6.26. The van der Waals surface area contributed by atoms with Crippen LogP contribution in [0.15, 0.2) is 30.3 Å². The van der Waals surface area contributed by atoms with Crippen molar-refractivity contribution in [2.75, 3.05) is 19.8 Å². The Bertz CT molecular complexity index is 1100. The van der Waals surface area contributed by atoms with Crippen LogP contribution in [0.1, 0.15) is 94.9 Å². The molecule has 1 atom stereocenters. The van der Waals surface area contributed by atoms with Crippen LogP contribution in [-0.4, -0.2) is 42.4 Å². The normalized spacial score (nSPS) is 14.8. The monoisotopic (exact) mass is 495 g/mol. The smallest absolute Gasteiger partial charge is 0.309 e. The van der Waals surface area contributed by atoms with Gasteiger partial charge in [0.05, 0.1) is 19.1 Å². The third-order valence-corrected chi connectivity index (χ3v) is 6.67. The predicted molar refractivity (Wildman–Crippen MR) is 142 cm³/mol. The molecule has 6 nitrogen and oxygen atoms in total. The fourth-order valence-electron chi connectivity index (χ4n) is 4.78.